The highest BCUT2D eigenvalue weighted by Crippen LogP contribution is 2.26. The van der Waals surface area contributed by atoms with Gasteiger partial charge in [-0.15, -0.1) is 0 Å². The van der Waals surface area contributed by atoms with Gasteiger partial charge < -0.3 is 10.2 Å². The number of carbonyl (C=O) groups excluding carboxylic acids is 2. The molecule has 2 heterocycles. The van der Waals surface area contributed by atoms with Crippen LogP contribution in [0.25, 0.3) is 10.9 Å². The van der Waals surface area contributed by atoms with Crippen LogP contribution >= 0.6 is 0 Å². The van der Waals surface area contributed by atoms with E-state index in [1.54, 1.807) is 0 Å². The number of nitrogens with zero attached hydrogens (tertiary/aromatic N) is 2. The lowest BCUT2D eigenvalue weighted by Crippen LogP contribution is -2.28. The lowest BCUT2D eigenvalue weighted by molar-refractivity contribution is -0.128. The summed E-state index contributed by atoms with van der Waals surface area (Å²) in [6.07, 6.45) is 1.52. The molecule has 1 aromatic heterocycles. The van der Waals surface area contributed by atoms with E-state index in [0.717, 1.165) is 40.7 Å². The second-order valence-electron chi connectivity index (χ2n) is 7.65. The number of pyridine rings is 1. The molecule has 0 spiro atoms. The molecule has 1 aliphatic heterocycles. The Morgan fingerprint density at radius 1 is 1.17 bits per heavy atom. The third-order valence-corrected chi connectivity index (χ3v) is 5.53. The first-order valence-electron chi connectivity index (χ1n) is 10.1. The molecule has 3 aromatic rings. The van der Waals surface area contributed by atoms with Crippen molar-refractivity contribution in [2.45, 2.75) is 39.3 Å². The van der Waals surface area contributed by atoms with Crippen molar-refractivity contribution >= 4 is 22.7 Å². The van der Waals surface area contributed by atoms with Crippen molar-refractivity contribution in [3.05, 3.63) is 77.0 Å². The van der Waals surface area contributed by atoms with Gasteiger partial charge in [0, 0.05) is 23.9 Å². The van der Waals surface area contributed by atoms with Gasteiger partial charge in [-0.2, -0.15) is 0 Å². The van der Waals surface area contributed by atoms with Crippen LogP contribution < -0.4 is 5.32 Å². The Bertz CT molecular complexity index is 1080. The van der Waals surface area contributed by atoms with Gasteiger partial charge in [-0.05, 0) is 49.6 Å². The van der Waals surface area contributed by atoms with E-state index in [-0.39, 0.29) is 17.9 Å². The predicted octanol–water partition coefficient (Wildman–Crippen LogP) is 4.16. The Balaban J connectivity index is 1.65. The Labute approximate surface area is 170 Å². The second kappa shape index (κ2) is 8.03. The third-order valence-electron chi connectivity index (χ3n) is 5.53. The minimum atomic E-state index is -0.192. The van der Waals surface area contributed by atoms with Gasteiger partial charge >= 0.3 is 0 Å². The largest absolute Gasteiger partial charge is 0.345 e. The zero-order valence-electron chi connectivity index (χ0n) is 16.8. The fourth-order valence-electron chi connectivity index (χ4n) is 3.95. The van der Waals surface area contributed by atoms with E-state index in [2.05, 4.69) is 5.32 Å². The van der Waals surface area contributed by atoms with Crippen LogP contribution in [-0.2, 0) is 11.3 Å². The molecule has 4 rings (SSSR count). The van der Waals surface area contributed by atoms with Crippen LogP contribution in [0.5, 0.6) is 0 Å². The molecule has 0 aliphatic carbocycles. The maximum absolute atomic E-state index is 12.8. The number of amides is 2. The van der Waals surface area contributed by atoms with E-state index in [0.29, 0.717) is 18.5 Å². The summed E-state index contributed by atoms with van der Waals surface area (Å²) in [7, 11) is 0. The fourth-order valence-corrected chi connectivity index (χ4v) is 3.95. The molecule has 29 heavy (non-hydrogen) atoms. The Morgan fingerprint density at radius 2 is 1.93 bits per heavy atom. The second-order valence-corrected chi connectivity index (χ2v) is 7.65. The van der Waals surface area contributed by atoms with Crippen molar-refractivity contribution in [1.82, 2.24) is 15.2 Å². The van der Waals surface area contributed by atoms with Crippen molar-refractivity contribution in [1.29, 1.82) is 0 Å². The third kappa shape index (κ3) is 3.99. The number of nitrogens with one attached hydrogen (secondary N) is 1. The zero-order valence-corrected chi connectivity index (χ0v) is 16.8. The van der Waals surface area contributed by atoms with E-state index >= 15 is 0 Å². The molecule has 1 saturated heterocycles. The molecule has 5 nitrogen and oxygen atoms in total. The van der Waals surface area contributed by atoms with E-state index in [1.165, 1.54) is 0 Å². The highest BCUT2D eigenvalue weighted by atomic mass is 16.2. The van der Waals surface area contributed by atoms with E-state index in [4.69, 9.17) is 4.98 Å². The number of carbonyl (C=O) groups is 2. The number of hydrogen-bond donors (Lipinski definition) is 1. The summed E-state index contributed by atoms with van der Waals surface area (Å²) < 4.78 is 0. The molecule has 0 unspecified atom stereocenters. The first kappa shape index (κ1) is 19.1. The molecule has 0 radical (unpaired) electrons. The lowest BCUT2D eigenvalue weighted by Gasteiger charge is -2.20. The maximum atomic E-state index is 12.8. The van der Waals surface area contributed by atoms with Crippen molar-refractivity contribution in [2.24, 2.45) is 0 Å². The highest BCUT2D eigenvalue weighted by Gasteiger charge is 2.22. The Kier molecular flexibility index (Phi) is 5.30. The van der Waals surface area contributed by atoms with Crippen molar-refractivity contribution in [3.63, 3.8) is 0 Å². The minimum Gasteiger partial charge on any atom is -0.345 e. The number of para-hydroxylation sites is 1. The zero-order chi connectivity index (χ0) is 20.4. The van der Waals surface area contributed by atoms with Gasteiger partial charge in [0.15, 0.2) is 0 Å². The molecule has 5 heteroatoms. The van der Waals surface area contributed by atoms with Crippen LogP contribution in [0.4, 0.5) is 0 Å². The average Bonchev–Trinajstić information content (AvgIpc) is 3.12. The van der Waals surface area contributed by atoms with Crippen LogP contribution in [-0.4, -0.2) is 28.2 Å². The van der Waals surface area contributed by atoms with Gasteiger partial charge in [0.05, 0.1) is 23.8 Å². The summed E-state index contributed by atoms with van der Waals surface area (Å²) in [6, 6.07) is 17.4. The predicted molar refractivity (Wildman–Crippen MR) is 113 cm³/mol. The van der Waals surface area contributed by atoms with Crippen molar-refractivity contribution in [3.8, 4) is 0 Å². The number of aromatic nitrogens is 1. The molecule has 148 valence electrons. The SMILES string of the molecule is Cc1ccccc1C(=O)N[C@H](C)c1cc(CN2CCCC2=O)nc2ccccc12. The molecular formula is C24H25N3O2. The quantitative estimate of drug-likeness (QED) is 0.715. The first-order valence-corrected chi connectivity index (χ1v) is 10.1. The molecule has 2 amide bonds. The Hall–Kier alpha value is -3.21. The number of aryl methyl sites for hydroxylation is 1. The molecule has 0 saturated carbocycles. The standard InChI is InChI=1S/C24H25N3O2/c1-16-8-3-4-9-19(16)24(29)25-17(2)21-14-18(15-27-13-7-12-23(27)28)26-22-11-6-5-10-20(21)22/h3-6,8-11,14,17H,7,12-13,15H2,1-2H3,(H,25,29)/t17-/m1/s1. The smallest absolute Gasteiger partial charge is 0.252 e. The van der Waals surface area contributed by atoms with Gasteiger partial charge in [-0.3, -0.25) is 14.6 Å². The van der Waals surface area contributed by atoms with E-state index in [1.807, 2.05) is 73.3 Å². The molecule has 1 N–H and O–H groups in total. The molecule has 1 fully saturated rings. The number of rotatable bonds is 5. The van der Waals surface area contributed by atoms with Crippen molar-refractivity contribution in [2.75, 3.05) is 6.54 Å². The molecule has 2 aromatic carbocycles. The summed E-state index contributed by atoms with van der Waals surface area (Å²) in [6.45, 7) is 5.21. The maximum Gasteiger partial charge on any atom is 0.252 e. The van der Waals surface area contributed by atoms with Gasteiger partial charge in [0.1, 0.15) is 0 Å². The summed E-state index contributed by atoms with van der Waals surface area (Å²) in [5, 5.41) is 4.14. The van der Waals surface area contributed by atoms with Crippen LogP contribution in [0.1, 0.15) is 53.0 Å². The summed E-state index contributed by atoms with van der Waals surface area (Å²) in [4.78, 5) is 31.5. The number of fused-ring (bicyclic) bond motifs is 1. The fraction of sp³-hybridized carbons (Fsp3) is 0.292. The van der Waals surface area contributed by atoms with Gasteiger partial charge in [0.2, 0.25) is 5.91 Å². The van der Waals surface area contributed by atoms with Gasteiger partial charge in [0.25, 0.3) is 5.91 Å². The van der Waals surface area contributed by atoms with E-state index < -0.39 is 0 Å². The molecule has 0 bridgehead atoms. The monoisotopic (exact) mass is 387 g/mol. The van der Waals surface area contributed by atoms with Gasteiger partial charge in [-0.1, -0.05) is 36.4 Å². The van der Waals surface area contributed by atoms with Crippen LogP contribution in [0.2, 0.25) is 0 Å². The highest BCUT2D eigenvalue weighted by molar-refractivity contribution is 5.96. The number of hydrogen-bond acceptors (Lipinski definition) is 3. The summed E-state index contributed by atoms with van der Waals surface area (Å²) in [5.74, 6) is 0.0928. The molecule has 1 aliphatic rings. The van der Waals surface area contributed by atoms with Crippen LogP contribution in [0.3, 0.4) is 0 Å². The number of likely N-dealkylation sites (tertiary alicyclic amines) is 1. The number of benzene rings is 2. The lowest BCUT2D eigenvalue weighted by atomic mass is 10.0. The minimum absolute atomic E-state index is 0.0900. The van der Waals surface area contributed by atoms with Crippen LogP contribution in [0, 0.1) is 6.92 Å². The summed E-state index contributed by atoms with van der Waals surface area (Å²) >= 11 is 0. The Morgan fingerprint density at radius 3 is 2.69 bits per heavy atom. The van der Waals surface area contributed by atoms with Crippen LogP contribution in [0.15, 0.2) is 54.6 Å². The molecular weight excluding hydrogens is 362 g/mol. The first-order chi connectivity index (χ1) is 14.0. The van der Waals surface area contributed by atoms with E-state index in [9.17, 15) is 9.59 Å². The summed E-state index contributed by atoms with van der Waals surface area (Å²) in [5.41, 5.74) is 4.37. The topological polar surface area (TPSA) is 62.3 Å². The molecule has 1 atom stereocenters. The average molecular weight is 387 g/mol. The normalized spacial score (nSPS) is 15.0. The van der Waals surface area contributed by atoms with Gasteiger partial charge in [-0.25, -0.2) is 0 Å². The van der Waals surface area contributed by atoms with Crippen molar-refractivity contribution < 1.29 is 9.59 Å².